The lowest BCUT2D eigenvalue weighted by molar-refractivity contribution is 0.0793. The molecule has 0 unspecified atom stereocenters. The second kappa shape index (κ2) is 7.64. The molecule has 0 spiro atoms. The maximum absolute atomic E-state index is 12.9. The van der Waals surface area contributed by atoms with Crippen molar-refractivity contribution in [2.45, 2.75) is 24.3 Å². The molecule has 2 aromatic rings. The zero-order valence-electron chi connectivity index (χ0n) is 13.0. The molecule has 4 heteroatoms. The van der Waals surface area contributed by atoms with E-state index in [0.29, 0.717) is 0 Å². The Bertz CT molecular complexity index is 648. The van der Waals surface area contributed by atoms with Crippen molar-refractivity contribution in [3.63, 3.8) is 0 Å². The number of carbonyl (C=O) groups excluding carboxylic acids is 1. The van der Waals surface area contributed by atoms with Gasteiger partial charge in [-0.25, -0.2) is 4.39 Å². The summed E-state index contributed by atoms with van der Waals surface area (Å²) in [6.45, 7) is 1.77. The highest BCUT2D eigenvalue weighted by Gasteiger charge is 2.18. The lowest BCUT2D eigenvalue weighted by Crippen LogP contribution is -2.27. The summed E-state index contributed by atoms with van der Waals surface area (Å²) in [5.41, 5.74) is 3.10. The molecule has 1 aliphatic rings. The van der Waals surface area contributed by atoms with Gasteiger partial charge in [-0.15, -0.1) is 0 Å². The van der Waals surface area contributed by atoms with Crippen LogP contribution in [0, 0.1) is 5.82 Å². The van der Waals surface area contributed by atoms with Crippen molar-refractivity contribution in [1.29, 1.82) is 0 Å². The number of benzene rings is 2. The average molecular weight is 329 g/mol. The van der Waals surface area contributed by atoms with Gasteiger partial charge >= 0.3 is 0 Å². The van der Waals surface area contributed by atoms with E-state index in [-0.39, 0.29) is 11.7 Å². The van der Waals surface area contributed by atoms with Crippen LogP contribution < -0.4 is 0 Å². The van der Waals surface area contributed by atoms with Crippen molar-refractivity contribution < 1.29 is 9.18 Å². The van der Waals surface area contributed by atoms with E-state index in [9.17, 15) is 9.18 Å². The Balaban J connectivity index is 1.51. The van der Waals surface area contributed by atoms with Crippen LogP contribution in [0.2, 0.25) is 0 Å². The maximum Gasteiger partial charge on any atom is 0.253 e. The summed E-state index contributed by atoms with van der Waals surface area (Å²) in [6.07, 6.45) is 2.23. The zero-order valence-corrected chi connectivity index (χ0v) is 13.8. The van der Waals surface area contributed by atoms with Gasteiger partial charge in [0, 0.05) is 30.2 Å². The minimum Gasteiger partial charge on any atom is -0.339 e. The SMILES string of the molecule is O=C(c1ccc(CSCc2ccc(F)cc2)cc1)N1CCCC1. The first-order valence-corrected chi connectivity index (χ1v) is 9.08. The summed E-state index contributed by atoms with van der Waals surface area (Å²) in [7, 11) is 0. The molecule has 0 N–H and O–H groups in total. The predicted molar refractivity (Wildman–Crippen MR) is 93.0 cm³/mol. The summed E-state index contributed by atoms with van der Waals surface area (Å²) < 4.78 is 12.9. The van der Waals surface area contributed by atoms with E-state index >= 15 is 0 Å². The normalized spacial score (nSPS) is 14.2. The standard InChI is InChI=1S/C19H20FNOS/c20-18-9-5-16(6-10-18)14-23-13-15-3-7-17(8-4-15)19(22)21-11-1-2-12-21/h3-10H,1-2,11-14H2. The molecule has 1 amide bonds. The van der Waals surface area contributed by atoms with E-state index in [1.165, 1.54) is 17.7 Å². The van der Waals surface area contributed by atoms with Gasteiger partial charge in [0.05, 0.1) is 0 Å². The second-order valence-corrected chi connectivity index (χ2v) is 6.80. The molecule has 0 aliphatic carbocycles. The highest BCUT2D eigenvalue weighted by Crippen LogP contribution is 2.19. The van der Waals surface area contributed by atoms with Gasteiger partial charge in [-0.3, -0.25) is 4.79 Å². The first-order valence-electron chi connectivity index (χ1n) is 7.93. The van der Waals surface area contributed by atoms with E-state index in [2.05, 4.69) is 0 Å². The molecule has 1 saturated heterocycles. The van der Waals surface area contributed by atoms with Gasteiger partial charge < -0.3 is 4.90 Å². The number of rotatable bonds is 5. The molecule has 1 aliphatic heterocycles. The molecule has 0 saturated carbocycles. The highest BCUT2D eigenvalue weighted by atomic mass is 32.2. The lowest BCUT2D eigenvalue weighted by Gasteiger charge is -2.15. The van der Waals surface area contributed by atoms with Crippen LogP contribution in [0.5, 0.6) is 0 Å². The largest absolute Gasteiger partial charge is 0.339 e. The van der Waals surface area contributed by atoms with Crippen LogP contribution in [-0.4, -0.2) is 23.9 Å². The van der Waals surface area contributed by atoms with Crippen LogP contribution in [0.4, 0.5) is 4.39 Å². The van der Waals surface area contributed by atoms with Crippen molar-refractivity contribution in [3.8, 4) is 0 Å². The van der Waals surface area contributed by atoms with E-state index in [1.807, 2.05) is 41.3 Å². The smallest absolute Gasteiger partial charge is 0.253 e. The Morgan fingerprint density at radius 2 is 1.43 bits per heavy atom. The number of nitrogens with zero attached hydrogens (tertiary/aromatic N) is 1. The number of halogens is 1. The zero-order chi connectivity index (χ0) is 16.1. The third-order valence-electron chi connectivity index (χ3n) is 4.04. The third-order valence-corrected chi connectivity index (χ3v) is 5.12. The summed E-state index contributed by atoms with van der Waals surface area (Å²) in [5.74, 6) is 1.69. The lowest BCUT2D eigenvalue weighted by atomic mass is 10.1. The van der Waals surface area contributed by atoms with Crippen LogP contribution in [0.3, 0.4) is 0 Å². The quantitative estimate of drug-likeness (QED) is 0.805. The van der Waals surface area contributed by atoms with Crippen LogP contribution in [0.1, 0.15) is 34.3 Å². The van der Waals surface area contributed by atoms with Crippen LogP contribution in [0.25, 0.3) is 0 Å². The van der Waals surface area contributed by atoms with Crippen LogP contribution >= 0.6 is 11.8 Å². The molecule has 23 heavy (non-hydrogen) atoms. The second-order valence-electron chi connectivity index (χ2n) is 5.82. The molecule has 0 bridgehead atoms. The van der Waals surface area contributed by atoms with Gasteiger partial charge in [0.1, 0.15) is 5.82 Å². The minimum atomic E-state index is -0.197. The molecule has 0 radical (unpaired) electrons. The molecule has 1 fully saturated rings. The van der Waals surface area contributed by atoms with Gasteiger partial charge in [0.15, 0.2) is 0 Å². The topological polar surface area (TPSA) is 20.3 Å². The number of hydrogen-bond acceptors (Lipinski definition) is 2. The highest BCUT2D eigenvalue weighted by molar-refractivity contribution is 7.97. The Morgan fingerprint density at radius 3 is 2.00 bits per heavy atom. The van der Waals surface area contributed by atoms with E-state index in [4.69, 9.17) is 0 Å². The van der Waals surface area contributed by atoms with Gasteiger partial charge in [-0.2, -0.15) is 11.8 Å². The molecular weight excluding hydrogens is 309 g/mol. The van der Waals surface area contributed by atoms with Crippen molar-refractivity contribution in [2.75, 3.05) is 13.1 Å². The fourth-order valence-electron chi connectivity index (χ4n) is 2.71. The van der Waals surface area contributed by atoms with Crippen molar-refractivity contribution in [3.05, 3.63) is 71.0 Å². The van der Waals surface area contributed by atoms with Crippen molar-refractivity contribution in [2.24, 2.45) is 0 Å². The Kier molecular flexibility index (Phi) is 5.34. The summed E-state index contributed by atoms with van der Waals surface area (Å²) in [6, 6.07) is 14.5. The number of thioether (sulfide) groups is 1. The molecule has 0 aromatic heterocycles. The number of hydrogen-bond donors (Lipinski definition) is 0. The van der Waals surface area contributed by atoms with E-state index in [0.717, 1.165) is 48.6 Å². The molecular formula is C19H20FNOS. The van der Waals surface area contributed by atoms with Gasteiger partial charge in [-0.05, 0) is 48.2 Å². The minimum absolute atomic E-state index is 0.146. The van der Waals surface area contributed by atoms with Crippen molar-refractivity contribution in [1.82, 2.24) is 4.90 Å². The average Bonchev–Trinajstić information content (AvgIpc) is 3.11. The third kappa shape index (κ3) is 4.35. The molecule has 1 heterocycles. The van der Waals surface area contributed by atoms with E-state index < -0.39 is 0 Å². The molecule has 0 atom stereocenters. The molecule has 2 aromatic carbocycles. The van der Waals surface area contributed by atoms with Gasteiger partial charge in [0.25, 0.3) is 5.91 Å². The predicted octanol–water partition coefficient (Wildman–Crippen LogP) is 4.50. The number of likely N-dealkylation sites (tertiary alicyclic amines) is 1. The van der Waals surface area contributed by atoms with Gasteiger partial charge in [-0.1, -0.05) is 24.3 Å². The Labute approximate surface area is 140 Å². The molecule has 3 rings (SSSR count). The summed E-state index contributed by atoms with van der Waals surface area (Å²) in [5, 5.41) is 0. The summed E-state index contributed by atoms with van der Waals surface area (Å²) in [4.78, 5) is 14.2. The van der Waals surface area contributed by atoms with Crippen molar-refractivity contribution >= 4 is 17.7 Å². The number of carbonyl (C=O) groups is 1. The van der Waals surface area contributed by atoms with Crippen LogP contribution in [0.15, 0.2) is 48.5 Å². The monoisotopic (exact) mass is 329 g/mol. The first kappa shape index (κ1) is 16.1. The van der Waals surface area contributed by atoms with Gasteiger partial charge in [0.2, 0.25) is 0 Å². The Hall–Kier alpha value is -1.81. The van der Waals surface area contributed by atoms with E-state index in [1.54, 1.807) is 11.8 Å². The van der Waals surface area contributed by atoms with Crippen LogP contribution in [-0.2, 0) is 11.5 Å². The Morgan fingerprint density at radius 1 is 0.913 bits per heavy atom. The molecule has 2 nitrogen and oxygen atoms in total. The summed E-state index contributed by atoms with van der Waals surface area (Å²) >= 11 is 1.79. The fraction of sp³-hybridized carbons (Fsp3) is 0.316. The number of amides is 1. The molecule has 120 valence electrons. The first-order chi connectivity index (χ1) is 11.2. The maximum atomic E-state index is 12.9. The fourth-order valence-corrected chi connectivity index (χ4v) is 3.67.